The molecule has 1 N–H and O–H groups in total. The number of rotatable bonds is 1. The van der Waals surface area contributed by atoms with Gasteiger partial charge in [-0.25, -0.2) is 0 Å². The van der Waals surface area contributed by atoms with Crippen molar-refractivity contribution < 1.29 is 19.5 Å². The molecule has 86 valence electrons. The molecule has 0 atom stereocenters. The fourth-order valence-corrected chi connectivity index (χ4v) is 1.88. The van der Waals surface area contributed by atoms with Gasteiger partial charge < -0.3 is 5.11 Å². The maximum Gasteiger partial charge on any atom is 0.208 e. The Labute approximate surface area is 102 Å². The minimum absolute atomic E-state index is 0.00346. The molecule has 2 rings (SSSR count). The van der Waals surface area contributed by atoms with Gasteiger partial charge in [0.05, 0.1) is 16.2 Å². The SMILES string of the molecule is CC(=O)c1ccc2c(c1O)C(=O)C(Cl)=CC2=O. The number of phenols is 1. The van der Waals surface area contributed by atoms with E-state index >= 15 is 0 Å². The number of carbonyl (C=O) groups excluding carboxylic acids is 3. The lowest BCUT2D eigenvalue weighted by atomic mass is 9.91. The molecule has 0 bridgehead atoms. The van der Waals surface area contributed by atoms with Gasteiger partial charge in [0.15, 0.2) is 11.6 Å². The summed E-state index contributed by atoms with van der Waals surface area (Å²) in [6, 6.07) is 2.65. The van der Waals surface area contributed by atoms with Gasteiger partial charge in [-0.1, -0.05) is 11.6 Å². The topological polar surface area (TPSA) is 71.4 Å². The first-order valence-corrected chi connectivity index (χ1v) is 5.14. The number of aromatic hydroxyl groups is 1. The van der Waals surface area contributed by atoms with Crippen LogP contribution in [0.2, 0.25) is 0 Å². The maximum absolute atomic E-state index is 11.7. The van der Waals surface area contributed by atoms with Crippen molar-refractivity contribution >= 4 is 29.0 Å². The molecule has 1 aliphatic rings. The monoisotopic (exact) mass is 250 g/mol. The minimum atomic E-state index is -0.651. The molecule has 0 radical (unpaired) electrons. The molecular weight excluding hydrogens is 244 g/mol. The van der Waals surface area contributed by atoms with Crippen LogP contribution in [-0.4, -0.2) is 22.5 Å². The Kier molecular flexibility index (Phi) is 2.59. The van der Waals surface area contributed by atoms with Crippen molar-refractivity contribution in [2.75, 3.05) is 0 Å². The van der Waals surface area contributed by atoms with Crippen LogP contribution in [0.25, 0.3) is 0 Å². The summed E-state index contributed by atoms with van der Waals surface area (Å²) in [5.74, 6) is -1.99. The summed E-state index contributed by atoms with van der Waals surface area (Å²) in [4.78, 5) is 34.5. The summed E-state index contributed by atoms with van der Waals surface area (Å²) in [6.45, 7) is 1.26. The summed E-state index contributed by atoms with van der Waals surface area (Å²) < 4.78 is 0. The van der Waals surface area contributed by atoms with Gasteiger partial charge >= 0.3 is 0 Å². The van der Waals surface area contributed by atoms with Gasteiger partial charge in [-0.3, -0.25) is 14.4 Å². The first-order valence-electron chi connectivity index (χ1n) is 4.76. The standard InChI is InChI=1S/C12H7ClO4/c1-5(14)6-2-3-7-9(15)4-8(13)12(17)10(7)11(6)16/h2-4,16H,1H3. The molecule has 0 heterocycles. The molecule has 0 saturated heterocycles. The van der Waals surface area contributed by atoms with Crippen molar-refractivity contribution in [3.63, 3.8) is 0 Å². The Morgan fingerprint density at radius 1 is 1.29 bits per heavy atom. The highest BCUT2D eigenvalue weighted by atomic mass is 35.5. The largest absolute Gasteiger partial charge is 0.506 e. The summed E-state index contributed by atoms with van der Waals surface area (Å²) in [5, 5.41) is 9.57. The Hall–Kier alpha value is -1.94. The highest BCUT2D eigenvalue weighted by Gasteiger charge is 2.29. The van der Waals surface area contributed by atoms with Crippen LogP contribution in [-0.2, 0) is 0 Å². The first kappa shape index (κ1) is 11.5. The van der Waals surface area contributed by atoms with Gasteiger partial charge in [-0.15, -0.1) is 0 Å². The van der Waals surface area contributed by atoms with E-state index in [1.165, 1.54) is 19.1 Å². The number of allylic oxidation sites excluding steroid dienone is 2. The number of phenolic OH excluding ortho intramolecular Hbond substituents is 1. The Morgan fingerprint density at radius 3 is 2.53 bits per heavy atom. The Balaban J connectivity index is 2.77. The number of fused-ring (bicyclic) bond motifs is 1. The predicted octanol–water partition coefficient (Wildman–Crippen LogP) is 2.10. The molecular formula is C12H7ClO4. The molecule has 0 aromatic heterocycles. The van der Waals surface area contributed by atoms with Crippen LogP contribution in [0.5, 0.6) is 5.75 Å². The van der Waals surface area contributed by atoms with Gasteiger partial charge in [0.25, 0.3) is 0 Å². The second kappa shape index (κ2) is 3.82. The second-order valence-corrected chi connectivity index (χ2v) is 4.03. The third kappa shape index (κ3) is 1.66. The lowest BCUT2D eigenvalue weighted by Gasteiger charge is -2.14. The lowest BCUT2D eigenvalue weighted by Crippen LogP contribution is -2.16. The zero-order valence-corrected chi connectivity index (χ0v) is 9.54. The van der Waals surface area contributed by atoms with Gasteiger partial charge in [0, 0.05) is 11.6 Å². The number of hydrogen-bond donors (Lipinski definition) is 1. The maximum atomic E-state index is 11.7. The normalized spacial score (nSPS) is 14.4. The summed E-state index contributed by atoms with van der Waals surface area (Å²) in [6.07, 6.45) is 0.999. The molecule has 4 nitrogen and oxygen atoms in total. The van der Waals surface area contributed by atoms with Gasteiger partial charge in [-0.2, -0.15) is 0 Å². The molecule has 0 spiro atoms. The number of hydrogen-bond acceptors (Lipinski definition) is 4. The van der Waals surface area contributed by atoms with Crippen LogP contribution >= 0.6 is 11.6 Å². The van der Waals surface area contributed by atoms with E-state index in [-0.39, 0.29) is 21.7 Å². The van der Waals surface area contributed by atoms with Gasteiger partial charge in [0.2, 0.25) is 5.78 Å². The summed E-state index contributed by atoms with van der Waals surface area (Å²) in [7, 11) is 0. The van der Waals surface area contributed by atoms with E-state index in [0.29, 0.717) is 0 Å². The first-order chi connectivity index (χ1) is 7.93. The number of carbonyl (C=O) groups is 3. The van der Waals surface area contributed by atoms with Crippen molar-refractivity contribution in [1.82, 2.24) is 0 Å². The predicted molar refractivity (Wildman–Crippen MR) is 60.7 cm³/mol. The quantitative estimate of drug-likeness (QED) is 0.775. The number of benzene rings is 1. The van der Waals surface area contributed by atoms with Crippen LogP contribution in [0.15, 0.2) is 23.2 Å². The lowest BCUT2D eigenvalue weighted by molar-refractivity contribution is 0.0984. The average Bonchev–Trinajstić information content (AvgIpc) is 2.25. The molecule has 0 unspecified atom stereocenters. The highest BCUT2D eigenvalue weighted by Crippen LogP contribution is 2.33. The molecule has 17 heavy (non-hydrogen) atoms. The van der Waals surface area contributed by atoms with Crippen LogP contribution in [0.1, 0.15) is 38.0 Å². The minimum Gasteiger partial charge on any atom is -0.506 e. The highest BCUT2D eigenvalue weighted by molar-refractivity contribution is 6.49. The van der Waals surface area contributed by atoms with E-state index in [1.54, 1.807) is 0 Å². The molecule has 1 aromatic rings. The zero-order valence-electron chi connectivity index (χ0n) is 8.78. The molecule has 1 aliphatic carbocycles. The van der Waals surface area contributed by atoms with E-state index in [9.17, 15) is 19.5 Å². The molecule has 0 amide bonds. The van der Waals surface area contributed by atoms with Crippen molar-refractivity contribution in [1.29, 1.82) is 0 Å². The summed E-state index contributed by atoms with van der Waals surface area (Å²) in [5.41, 5.74) is -0.145. The fourth-order valence-electron chi connectivity index (χ4n) is 1.69. The molecule has 0 aliphatic heterocycles. The smallest absolute Gasteiger partial charge is 0.208 e. The Bertz CT molecular complexity index is 599. The van der Waals surface area contributed by atoms with E-state index in [2.05, 4.69) is 0 Å². The van der Waals surface area contributed by atoms with Crippen LogP contribution < -0.4 is 0 Å². The van der Waals surface area contributed by atoms with E-state index < -0.39 is 23.1 Å². The van der Waals surface area contributed by atoms with Crippen molar-refractivity contribution in [2.45, 2.75) is 6.92 Å². The Morgan fingerprint density at radius 2 is 1.94 bits per heavy atom. The zero-order chi connectivity index (χ0) is 12.7. The molecule has 5 heteroatoms. The van der Waals surface area contributed by atoms with Gasteiger partial charge in [0.1, 0.15) is 5.75 Å². The van der Waals surface area contributed by atoms with Crippen LogP contribution in [0, 0.1) is 0 Å². The molecule has 0 fully saturated rings. The average molecular weight is 251 g/mol. The number of ketones is 3. The van der Waals surface area contributed by atoms with Crippen LogP contribution in [0.4, 0.5) is 0 Å². The number of Topliss-reactive ketones (excluding diaryl/α,β-unsaturated/α-hetero) is 2. The third-order valence-corrected chi connectivity index (χ3v) is 2.81. The number of halogens is 1. The van der Waals surface area contributed by atoms with Gasteiger partial charge in [-0.05, 0) is 19.1 Å². The van der Waals surface area contributed by atoms with Crippen molar-refractivity contribution in [2.24, 2.45) is 0 Å². The van der Waals surface area contributed by atoms with Crippen molar-refractivity contribution in [3.05, 3.63) is 39.9 Å². The van der Waals surface area contributed by atoms with E-state index in [0.717, 1.165) is 6.08 Å². The fraction of sp³-hybridized carbons (Fsp3) is 0.0833. The third-order valence-electron chi connectivity index (χ3n) is 2.52. The van der Waals surface area contributed by atoms with Crippen LogP contribution in [0.3, 0.4) is 0 Å². The second-order valence-electron chi connectivity index (χ2n) is 3.63. The van der Waals surface area contributed by atoms with E-state index in [4.69, 9.17) is 11.6 Å². The molecule has 0 saturated carbocycles. The molecule has 1 aromatic carbocycles. The van der Waals surface area contributed by atoms with E-state index in [1.807, 2.05) is 0 Å². The van der Waals surface area contributed by atoms with Crippen molar-refractivity contribution in [3.8, 4) is 5.75 Å². The summed E-state index contributed by atoms with van der Waals surface area (Å²) >= 11 is 5.59.